The third-order valence-electron chi connectivity index (χ3n) is 6.98. The highest BCUT2D eigenvalue weighted by Crippen LogP contribution is 2.46. The molecule has 0 unspecified atom stereocenters. The highest BCUT2D eigenvalue weighted by molar-refractivity contribution is 7.21. The Balaban J connectivity index is 1.44. The second-order valence-electron chi connectivity index (χ2n) is 9.44. The summed E-state index contributed by atoms with van der Waals surface area (Å²) in [6, 6.07) is 17.5. The van der Waals surface area contributed by atoms with Crippen molar-refractivity contribution in [3.63, 3.8) is 0 Å². The van der Waals surface area contributed by atoms with Crippen molar-refractivity contribution >= 4 is 39.0 Å². The Bertz CT molecular complexity index is 1680. The number of nitrogens with one attached hydrogen (secondary N) is 1. The van der Waals surface area contributed by atoms with Gasteiger partial charge in [0.1, 0.15) is 9.71 Å². The second-order valence-corrected chi connectivity index (χ2v) is 10.4. The average molecular weight is 558 g/mol. The summed E-state index contributed by atoms with van der Waals surface area (Å²) >= 11 is 1.23. The third kappa shape index (κ3) is 4.68. The highest BCUT2D eigenvalue weighted by Gasteiger charge is 2.27. The number of rotatable bonds is 7. The van der Waals surface area contributed by atoms with E-state index in [0.29, 0.717) is 32.3 Å². The van der Waals surface area contributed by atoms with Gasteiger partial charge in [0.15, 0.2) is 11.5 Å². The van der Waals surface area contributed by atoms with E-state index in [1.54, 1.807) is 25.2 Å². The number of aromatic nitrogens is 3. The third-order valence-corrected chi connectivity index (χ3v) is 8.08. The highest BCUT2D eigenvalue weighted by atomic mass is 32.1. The fourth-order valence-electron chi connectivity index (χ4n) is 5.04. The molecule has 1 aliphatic rings. The molecule has 6 rings (SSSR count). The maximum Gasteiger partial charge on any atom is 0.306 e. The van der Waals surface area contributed by atoms with Gasteiger partial charge in [-0.25, -0.2) is 4.98 Å². The molecule has 1 amide bonds. The lowest BCUT2D eigenvalue weighted by atomic mass is 9.98. The molecule has 0 bridgehead atoms. The van der Waals surface area contributed by atoms with Gasteiger partial charge in [0, 0.05) is 22.1 Å². The van der Waals surface area contributed by atoms with E-state index >= 15 is 0 Å². The Kier molecular flexibility index (Phi) is 6.95. The maximum absolute atomic E-state index is 13.5. The van der Waals surface area contributed by atoms with Crippen molar-refractivity contribution in [3.05, 3.63) is 65.7 Å². The number of para-hydroxylation sites is 1. The van der Waals surface area contributed by atoms with Gasteiger partial charge in [0.05, 0.1) is 43.5 Å². The van der Waals surface area contributed by atoms with Crippen LogP contribution in [0.3, 0.4) is 0 Å². The number of fused-ring (bicyclic) bond motifs is 1. The fourth-order valence-corrected chi connectivity index (χ4v) is 6.05. The van der Waals surface area contributed by atoms with Crippen LogP contribution in [0.1, 0.15) is 28.9 Å². The lowest BCUT2D eigenvalue weighted by Gasteiger charge is -2.17. The van der Waals surface area contributed by atoms with Crippen LogP contribution in [0.15, 0.2) is 65.3 Å². The summed E-state index contributed by atoms with van der Waals surface area (Å²) in [5.74, 6) is 0.995. The number of methoxy groups -OCH3 is 2. The molecule has 2 aromatic carbocycles. The van der Waals surface area contributed by atoms with E-state index in [1.807, 2.05) is 54.6 Å². The summed E-state index contributed by atoms with van der Waals surface area (Å²) in [6.45, 7) is 1.78. The number of carbonyl (C=O) groups is 1. The number of hydrogen-bond donors (Lipinski definition) is 2. The lowest BCUT2D eigenvalue weighted by Crippen LogP contribution is -2.60. The normalized spacial score (nSPS) is 13.4. The standard InChI is InChI=1S/C29H28N6O4S/c1-37-22-13-9-12-19(26(22)38-2)20-16-21(18-10-5-3-6-11-18)31-29-24(20)25(30)27(40-29)28(36)32-23-17-35(33-39-23)34-14-7-4-8-15-34/h3,5-6,9-13,16-17H,4,7-8,14-15H2,1-2H3,(H2-,30,32,33,36)/p+1. The predicted octanol–water partition coefficient (Wildman–Crippen LogP) is 4.88. The number of amides is 1. The molecule has 11 heteroatoms. The Hall–Kier alpha value is -4.64. The van der Waals surface area contributed by atoms with Gasteiger partial charge in [-0.2, -0.15) is 5.01 Å². The molecule has 0 radical (unpaired) electrons. The average Bonchev–Trinajstić information content (AvgIpc) is 3.61. The van der Waals surface area contributed by atoms with Crippen LogP contribution >= 0.6 is 11.3 Å². The van der Waals surface area contributed by atoms with Crippen molar-refractivity contribution in [2.75, 3.05) is 43.4 Å². The second kappa shape index (κ2) is 10.9. The van der Waals surface area contributed by atoms with E-state index in [-0.39, 0.29) is 5.88 Å². The summed E-state index contributed by atoms with van der Waals surface area (Å²) in [5.41, 5.74) is 10.3. The molecule has 1 saturated heterocycles. The maximum atomic E-state index is 13.5. The van der Waals surface area contributed by atoms with Crippen molar-refractivity contribution in [1.29, 1.82) is 0 Å². The van der Waals surface area contributed by atoms with Crippen molar-refractivity contribution in [2.45, 2.75) is 19.3 Å². The van der Waals surface area contributed by atoms with Crippen molar-refractivity contribution < 1.29 is 23.6 Å². The van der Waals surface area contributed by atoms with Crippen LogP contribution in [0.25, 0.3) is 32.6 Å². The lowest BCUT2D eigenvalue weighted by molar-refractivity contribution is -0.759. The number of anilines is 2. The SMILES string of the molecule is COc1cccc(-c2cc(-c3ccccc3)nc3sc(C(=O)Nc4c[n+](N5CCCCC5)no4)c(N)c23)c1OC. The van der Waals surface area contributed by atoms with E-state index in [1.165, 1.54) is 17.8 Å². The summed E-state index contributed by atoms with van der Waals surface area (Å²) < 4.78 is 16.7. The topological polar surface area (TPSA) is 120 Å². The Morgan fingerprint density at radius 2 is 1.85 bits per heavy atom. The van der Waals surface area contributed by atoms with Crippen LogP contribution in [0.5, 0.6) is 11.5 Å². The first kappa shape index (κ1) is 25.6. The molecule has 1 fully saturated rings. The molecule has 5 aromatic rings. The van der Waals surface area contributed by atoms with Gasteiger partial charge in [-0.3, -0.25) is 14.6 Å². The first-order valence-corrected chi connectivity index (χ1v) is 13.8. The minimum absolute atomic E-state index is 0.236. The molecule has 0 atom stereocenters. The Morgan fingerprint density at radius 3 is 2.60 bits per heavy atom. The quantitative estimate of drug-likeness (QED) is 0.272. The molecule has 1 aliphatic heterocycles. The molecule has 0 saturated carbocycles. The number of pyridine rings is 1. The van der Waals surface area contributed by atoms with Gasteiger partial charge in [0.25, 0.3) is 12.1 Å². The zero-order chi connectivity index (χ0) is 27.6. The Morgan fingerprint density at radius 1 is 1.05 bits per heavy atom. The van der Waals surface area contributed by atoms with E-state index < -0.39 is 5.91 Å². The minimum atomic E-state index is -0.396. The number of thiophene rings is 1. The summed E-state index contributed by atoms with van der Waals surface area (Å²) in [6.07, 6.45) is 5.06. The molecular formula is C29H29N6O4S+. The number of hydrogen-bond acceptors (Lipinski definition) is 9. The number of nitrogens with two attached hydrogens (primary N) is 1. The van der Waals surface area contributed by atoms with Gasteiger partial charge in [0.2, 0.25) is 5.27 Å². The van der Waals surface area contributed by atoms with Crippen molar-refractivity contribution in [1.82, 2.24) is 10.3 Å². The summed E-state index contributed by atoms with van der Waals surface area (Å²) in [7, 11) is 3.19. The molecule has 0 spiro atoms. The molecule has 4 heterocycles. The number of piperidine rings is 1. The van der Waals surface area contributed by atoms with Gasteiger partial charge < -0.3 is 15.2 Å². The zero-order valence-electron chi connectivity index (χ0n) is 22.2. The number of nitrogen functional groups attached to an aromatic ring is 1. The largest absolute Gasteiger partial charge is 0.493 e. The monoisotopic (exact) mass is 557 g/mol. The van der Waals surface area contributed by atoms with Crippen LogP contribution in [-0.2, 0) is 0 Å². The van der Waals surface area contributed by atoms with Crippen LogP contribution < -0.4 is 30.3 Å². The van der Waals surface area contributed by atoms with Gasteiger partial charge in [-0.1, -0.05) is 42.5 Å². The predicted molar refractivity (Wildman–Crippen MR) is 154 cm³/mol. The van der Waals surface area contributed by atoms with Gasteiger partial charge >= 0.3 is 5.88 Å². The fraction of sp³-hybridized carbons (Fsp3) is 0.241. The van der Waals surface area contributed by atoms with Crippen molar-refractivity contribution in [2.24, 2.45) is 0 Å². The Labute approximate surface area is 234 Å². The molecule has 3 N–H and O–H groups in total. The van der Waals surface area contributed by atoms with E-state index in [9.17, 15) is 4.79 Å². The van der Waals surface area contributed by atoms with Gasteiger partial charge in [-0.05, 0) is 31.4 Å². The molecule has 40 heavy (non-hydrogen) atoms. The number of ether oxygens (including phenoxy) is 2. The summed E-state index contributed by atoms with van der Waals surface area (Å²) in [4.78, 5) is 21.0. The van der Waals surface area contributed by atoms with Gasteiger partial charge in [-0.15, -0.1) is 11.3 Å². The van der Waals surface area contributed by atoms with Crippen LogP contribution in [0, 0.1) is 0 Å². The molecule has 204 valence electrons. The molecule has 10 nitrogen and oxygen atoms in total. The number of benzene rings is 2. The van der Waals surface area contributed by atoms with Crippen LogP contribution in [-0.4, -0.2) is 43.5 Å². The molecule has 0 aliphatic carbocycles. The summed E-state index contributed by atoms with van der Waals surface area (Å²) in [5, 5.41) is 9.63. The van der Waals surface area contributed by atoms with Crippen LogP contribution in [0.2, 0.25) is 0 Å². The minimum Gasteiger partial charge on any atom is -0.493 e. The van der Waals surface area contributed by atoms with Crippen molar-refractivity contribution in [3.8, 4) is 33.9 Å². The van der Waals surface area contributed by atoms with Crippen LogP contribution in [0.4, 0.5) is 11.6 Å². The van der Waals surface area contributed by atoms with E-state index in [0.717, 1.165) is 48.3 Å². The zero-order valence-corrected chi connectivity index (χ0v) is 23.0. The van der Waals surface area contributed by atoms with E-state index in [2.05, 4.69) is 15.6 Å². The molecule has 3 aromatic heterocycles. The number of carbonyl (C=O) groups excluding carboxylic acids is 1. The number of nitrogens with zero attached hydrogens (tertiary/aromatic N) is 4. The van der Waals surface area contributed by atoms with E-state index in [4.69, 9.17) is 24.7 Å². The smallest absolute Gasteiger partial charge is 0.306 e. The first-order valence-electron chi connectivity index (χ1n) is 13.0. The first-order chi connectivity index (χ1) is 19.6. The molecular weight excluding hydrogens is 528 g/mol.